The molecule has 0 unspecified atom stereocenters. The first kappa shape index (κ1) is 6.97. The van der Waals surface area contributed by atoms with Gasteiger partial charge >= 0.3 is 5.97 Å². The molecule has 0 amide bonds. The molecule has 12 heavy (non-hydrogen) atoms. The monoisotopic (exact) mass is 162 g/mol. The molecule has 0 bridgehead atoms. The fourth-order valence-electron chi connectivity index (χ4n) is 1.17. The average molecular weight is 162 g/mol. The lowest BCUT2D eigenvalue weighted by atomic mass is 10.1. The van der Waals surface area contributed by atoms with Crippen molar-refractivity contribution < 1.29 is 9.90 Å². The predicted molar refractivity (Wildman–Crippen MR) is 41.4 cm³/mol. The minimum absolute atomic E-state index is 0.0391. The largest absolute Gasteiger partial charge is 0.476 e. The lowest BCUT2D eigenvalue weighted by molar-refractivity contribution is -0.132. The minimum Gasteiger partial charge on any atom is -0.476 e. The summed E-state index contributed by atoms with van der Waals surface area (Å²) in [5.41, 5.74) is 1.33. The third kappa shape index (κ3) is 0.887. The maximum atomic E-state index is 10.6. The summed E-state index contributed by atoms with van der Waals surface area (Å²) in [4.78, 5) is 10.6. The van der Waals surface area contributed by atoms with Crippen LogP contribution in [0.3, 0.4) is 0 Å². The van der Waals surface area contributed by atoms with Crippen LogP contribution in [0.1, 0.15) is 6.42 Å². The molecule has 1 heterocycles. The van der Waals surface area contributed by atoms with E-state index in [1.54, 1.807) is 6.08 Å². The van der Waals surface area contributed by atoms with Gasteiger partial charge in [0, 0.05) is 5.57 Å². The fraction of sp³-hybridized carbons (Fsp3) is 0.125. The van der Waals surface area contributed by atoms with Gasteiger partial charge in [0.15, 0.2) is 5.70 Å². The number of fused-ring (bicyclic) bond motifs is 1. The van der Waals surface area contributed by atoms with E-state index >= 15 is 0 Å². The van der Waals surface area contributed by atoms with Crippen LogP contribution in [0.4, 0.5) is 0 Å². The van der Waals surface area contributed by atoms with E-state index in [1.165, 1.54) is 0 Å². The van der Waals surface area contributed by atoms with Crippen LogP contribution in [0, 0.1) is 0 Å². The van der Waals surface area contributed by atoms with Gasteiger partial charge in [-0.05, 0) is 6.42 Å². The number of aliphatic carboxylic acids is 1. The summed E-state index contributed by atoms with van der Waals surface area (Å²) >= 11 is 0. The molecule has 0 spiro atoms. The molecule has 1 aliphatic heterocycles. The van der Waals surface area contributed by atoms with Gasteiger partial charge < -0.3 is 5.11 Å². The summed E-state index contributed by atoms with van der Waals surface area (Å²) in [5, 5.41) is 16.0. The molecule has 1 N–H and O–H groups in total. The lowest BCUT2D eigenvalue weighted by Gasteiger charge is -2.00. The maximum Gasteiger partial charge on any atom is 0.357 e. The molecule has 1 aliphatic carbocycles. The number of hydrogen-bond acceptors (Lipinski definition) is 3. The van der Waals surface area contributed by atoms with Crippen LogP contribution in [0.5, 0.6) is 0 Å². The van der Waals surface area contributed by atoms with Gasteiger partial charge in [-0.3, -0.25) is 0 Å². The zero-order valence-electron chi connectivity index (χ0n) is 6.19. The number of nitrogens with zero attached hydrogens (tertiary/aromatic N) is 2. The quantitative estimate of drug-likeness (QED) is 0.636. The predicted octanol–water partition coefficient (Wildman–Crippen LogP) is 1.63. The van der Waals surface area contributed by atoms with Crippen molar-refractivity contribution in [2.45, 2.75) is 6.42 Å². The summed E-state index contributed by atoms with van der Waals surface area (Å²) < 4.78 is 0. The highest BCUT2D eigenvalue weighted by atomic mass is 16.4. The first-order valence-corrected chi connectivity index (χ1v) is 3.55. The van der Waals surface area contributed by atoms with Crippen LogP contribution in [0.25, 0.3) is 0 Å². The maximum absolute atomic E-state index is 10.6. The van der Waals surface area contributed by atoms with Crippen LogP contribution in [-0.2, 0) is 4.79 Å². The van der Waals surface area contributed by atoms with Gasteiger partial charge in [0.05, 0.1) is 5.70 Å². The van der Waals surface area contributed by atoms with E-state index < -0.39 is 5.97 Å². The summed E-state index contributed by atoms with van der Waals surface area (Å²) in [6.07, 6.45) is 6.29. The van der Waals surface area contributed by atoms with Crippen molar-refractivity contribution in [1.82, 2.24) is 0 Å². The molecule has 0 aromatic carbocycles. The third-order valence-electron chi connectivity index (χ3n) is 1.72. The number of carboxylic acid groups (broad SMARTS) is 1. The lowest BCUT2D eigenvalue weighted by Crippen LogP contribution is -1.99. The van der Waals surface area contributed by atoms with Gasteiger partial charge in [-0.2, -0.15) is 0 Å². The number of carbonyl (C=O) groups is 1. The molecule has 60 valence electrons. The topological polar surface area (TPSA) is 62.0 Å². The standard InChI is InChI=1S/C8H6N2O2/c11-8(12)7-5-3-1-2-4-6(5)9-10-7/h1,3-4H,2H2,(H,11,12). The molecule has 2 rings (SSSR count). The first-order valence-electron chi connectivity index (χ1n) is 3.55. The van der Waals surface area contributed by atoms with Crippen LogP contribution >= 0.6 is 0 Å². The molecule has 2 aliphatic rings. The highest BCUT2D eigenvalue weighted by Crippen LogP contribution is 2.29. The Balaban J connectivity index is 2.51. The van der Waals surface area contributed by atoms with E-state index in [-0.39, 0.29) is 5.70 Å². The van der Waals surface area contributed by atoms with Gasteiger partial charge in [-0.15, -0.1) is 10.2 Å². The molecule has 0 radical (unpaired) electrons. The summed E-state index contributed by atoms with van der Waals surface area (Å²) in [7, 11) is 0. The number of allylic oxidation sites excluding steroid dienone is 3. The van der Waals surface area contributed by atoms with Crippen LogP contribution < -0.4 is 0 Å². The normalized spacial score (nSPS) is 19.5. The van der Waals surface area contributed by atoms with E-state index in [0.29, 0.717) is 11.3 Å². The zero-order valence-corrected chi connectivity index (χ0v) is 6.19. The number of carboxylic acids is 1. The summed E-state index contributed by atoms with van der Waals surface area (Å²) in [6.45, 7) is 0. The molecule has 0 saturated heterocycles. The second kappa shape index (κ2) is 2.41. The second-order valence-electron chi connectivity index (χ2n) is 2.49. The molecular weight excluding hydrogens is 156 g/mol. The SMILES string of the molecule is O=C(O)C1=C2C=CCC=C2N=N1. The van der Waals surface area contributed by atoms with Crippen LogP contribution in [0.2, 0.25) is 0 Å². The molecule has 0 atom stereocenters. The third-order valence-corrected chi connectivity index (χ3v) is 1.72. The molecule has 4 heteroatoms. The van der Waals surface area contributed by atoms with Crippen molar-refractivity contribution in [1.29, 1.82) is 0 Å². The van der Waals surface area contributed by atoms with Crippen LogP contribution in [0.15, 0.2) is 45.4 Å². The van der Waals surface area contributed by atoms with Crippen molar-refractivity contribution in [3.63, 3.8) is 0 Å². The molecular formula is C8H6N2O2. The summed E-state index contributed by atoms with van der Waals surface area (Å²) in [5.74, 6) is -1.02. The van der Waals surface area contributed by atoms with Crippen molar-refractivity contribution in [3.8, 4) is 0 Å². The Labute approximate surface area is 68.6 Å². The Kier molecular flexibility index (Phi) is 1.40. The highest BCUT2D eigenvalue weighted by Gasteiger charge is 2.21. The number of rotatable bonds is 1. The van der Waals surface area contributed by atoms with Crippen LogP contribution in [-0.4, -0.2) is 11.1 Å². The van der Waals surface area contributed by atoms with E-state index in [1.807, 2.05) is 12.2 Å². The molecule has 0 saturated carbocycles. The Morgan fingerprint density at radius 3 is 3.08 bits per heavy atom. The minimum atomic E-state index is -1.02. The van der Waals surface area contributed by atoms with Gasteiger partial charge in [0.2, 0.25) is 0 Å². The van der Waals surface area contributed by atoms with Gasteiger partial charge in [0.25, 0.3) is 0 Å². The van der Waals surface area contributed by atoms with Crippen molar-refractivity contribution >= 4 is 5.97 Å². The Morgan fingerprint density at radius 2 is 2.33 bits per heavy atom. The van der Waals surface area contributed by atoms with Crippen molar-refractivity contribution in [2.24, 2.45) is 10.2 Å². The highest BCUT2D eigenvalue weighted by molar-refractivity contribution is 5.89. The molecule has 0 aromatic heterocycles. The van der Waals surface area contributed by atoms with Gasteiger partial charge in [0.1, 0.15) is 0 Å². The smallest absolute Gasteiger partial charge is 0.357 e. The van der Waals surface area contributed by atoms with Gasteiger partial charge in [-0.1, -0.05) is 18.2 Å². The molecule has 0 fully saturated rings. The average Bonchev–Trinajstić information content (AvgIpc) is 2.47. The zero-order chi connectivity index (χ0) is 8.55. The van der Waals surface area contributed by atoms with E-state index in [2.05, 4.69) is 10.2 Å². The Bertz CT molecular complexity index is 361. The molecule has 0 aromatic rings. The molecule has 4 nitrogen and oxygen atoms in total. The Morgan fingerprint density at radius 1 is 1.50 bits per heavy atom. The van der Waals surface area contributed by atoms with Gasteiger partial charge in [-0.25, -0.2) is 4.79 Å². The number of hydrogen-bond donors (Lipinski definition) is 1. The van der Waals surface area contributed by atoms with E-state index in [4.69, 9.17) is 5.11 Å². The summed E-state index contributed by atoms with van der Waals surface area (Å²) in [6, 6.07) is 0. The van der Waals surface area contributed by atoms with Crippen molar-refractivity contribution in [2.75, 3.05) is 0 Å². The second-order valence-corrected chi connectivity index (χ2v) is 2.49. The van der Waals surface area contributed by atoms with E-state index in [9.17, 15) is 4.79 Å². The van der Waals surface area contributed by atoms with E-state index in [0.717, 1.165) is 6.42 Å². The number of azo groups is 1. The fourth-order valence-corrected chi connectivity index (χ4v) is 1.17. The van der Waals surface area contributed by atoms with Crippen molar-refractivity contribution in [3.05, 3.63) is 35.2 Å². The Hall–Kier alpha value is -1.71. The first-order chi connectivity index (χ1) is 5.79.